The van der Waals surface area contributed by atoms with E-state index in [0.29, 0.717) is 11.8 Å². The minimum Gasteiger partial charge on any atom is -0.392 e. The first kappa shape index (κ1) is 13.8. The second kappa shape index (κ2) is 6.03. The first-order valence-corrected chi connectivity index (χ1v) is 7.43. The van der Waals surface area contributed by atoms with Gasteiger partial charge in [0.1, 0.15) is 0 Å². The minimum absolute atomic E-state index is 0.231. The van der Waals surface area contributed by atoms with Crippen LogP contribution in [0.5, 0.6) is 0 Å². The molecule has 18 heavy (non-hydrogen) atoms. The molecular weight excluding hydrogens is 288 g/mol. The van der Waals surface area contributed by atoms with E-state index < -0.39 is 0 Å². The zero-order chi connectivity index (χ0) is 13.1. The van der Waals surface area contributed by atoms with Crippen LogP contribution in [0, 0.1) is 11.8 Å². The van der Waals surface area contributed by atoms with E-state index in [2.05, 4.69) is 48.0 Å². The van der Waals surface area contributed by atoms with Gasteiger partial charge in [-0.2, -0.15) is 0 Å². The van der Waals surface area contributed by atoms with Gasteiger partial charge < -0.3 is 5.11 Å². The van der Waals surface area contributed by atoms with Crippen LogP contribution in [0.2, 0.25) is 0 Å². The van der Waals surface area contributed by atoms with E-state index >= 15 is 0 Å². The van der Waals surface area contributed by atoms with Gasteiger partial charge in [-0.05, 0) is 55.7 Å². The maximum Gasteiger partial charge on any atom is 0.0611 e. The SMILES string of the molecule is CC1=CC(C)CC(C(O)Cc2cccc(Br)c2)C1. The van der Waals surface area contributed by atoms with Gasteiger partial charge >= 0.3 is 0 Å². The molecule has 2 rings (SSSR count). The lowest BCUT2D eigenvalue weighted by Crippen LogP contribution is -2.27. The average molecular weight is 309 g/mol. The molecule has 2 heteroatoms. The van der Waals surface area contributed by atoms with Crippen LogP contribution >= 0.6 is 15.9 Å². The van der Waals surface area contributed by atoms with Crippen molar-refractivity contribution in [3.05, 3.63) is 46.0 Å². The summed E-state index contributed by atoms with van der Waals surface area (Å²) in [5.74, 6) is 1.00. The fourth-order valence-corrected chi connectivity index (χ4v) is 3.41. The first-order chi connectivity index (χ1) is 8.54. The van der Waals surface area contributed by atoms with Crippen LogP contribution in [0.15, 0.2) is 40.4 Å². The third-order valence-corrected chi connectivity index (χ3v) is 4.20. The first-order valence-electron chi connectivity index (χ1n) is 6.64. The van der Waals surface area contributed by atoms with Gasteiger partial charge in [0.05, 0.1) is 6.10 Å². The predicted molar refractivity (Wildman–Crippen MR) is 79.5 cm³/mol. The molecule has 1 nitrogen and oxygen atoms in total. The van der Waals surface area contributed by atoms with Crippen molar-refractivity contribution in [3.8, 4) is 0 Å². The van der Waals surface area contributed by atoms with Crippen molar-refractivity contribution in [2.75, 3.05) is 0 Å². The highest BCUT2D eigenvalue weighted by molar-refractivity contribution is 9.10. The van der Waals surface area contributed by atoms with Gasteiger partial charge in [0, 0.05) is 4.47 Å². The highest BCUT2D eigenvalue weighted by atomic mass is 79.9. The largest absolute Gasteiger partial charge is 0.392 e. The van der Waals surface area contributed by atoms with Crippen molar-refractivity contribution >= 4 is 15.9 Å². The third-order valence-electron chi connectivity index (χ3n) is 3.71. The second-order valence-corrected chi connectivity index (χ2v) is 6.51. The van der Waals surface area contributed by atoms with Crippen molar-refractivity contribution in [1.82, 2.24) is 0 Å². The molecule has 0 spiro atoms. The molecule has 1 aromatic carbocycles. The van der Waals surface area contributed by atoms with E-state index in [1.807, 2.05) is 12.1 Å². The summed E-state index contributed by atoms with van der Waals surface area (Å²) in [7, 11) is 0. The Kier molecular flexibility index (Phi) is 4.63. The smallest absolute Gasteiger partial charge is 0.0611 e. The molecular formula is C16H21BrO. The molecule has 0 radical (unpaired) electrons. The summed E-state index contributed by atoms with van der Waals surface area (Å²) in [5, 5.41) is 10.4. The number of rotatable bonds is 3. The summed E-state index contributed by atoms with van der Waals surface area (Å²) in [5.41, 5.74) is 2.63. The Morgan fingerprint density at radius 1 is 1.44 bits per heavy atom. The molecule has 3 unspecified atom stereocenters. The number of aliphatic hydroxyl groups excluding tert-OH is 1. The summed E-state index contributed by atoms with van der Waals surface area (Å²) in [4.78, 5) is 0. The molecule has 1 N–H and O–H groups in total. The lowest BCUT2D eigenvalue weighted by Gasteiger charge is -2.29. The molecule has 0 aromatic heterocycles. The van der Waals surface area contributed by atoms with E-state index in [4.69, 9.17) is 0 Å². The number of allylic oxidation sites excluding steroid dienone is 2. The normalized spacial score (nSPS) is 25.7. The Balaban J connectivity index is 2.00. The van der Waals surface area contributed by atoms with Crippen LogP contribution < -0.4 is 0 Å². The highest BCUT2D eigenvalue weighted by Gasteiger charge is 2.24. The van der Waals surface area contributed by atoms with Gasteiger partial charge in [-0.1, -0.05) is 46.6 Å². The molecule has 98 valence electrons. The maximum absolute atomic E-state index is 10.4. The molecule has 0 bridgehead atoms. The van der Waals surface area contributed by atoms with Gasteiger partial charge in [0.25, 0.3) is 0 Å². The molecule has 3 atom stereocenters. The summed E-state index contributed by atoms with van der Waals surface area (Å²) in [6.07, 6.45) is 5.00. The van der Waals surface area contributed by atoms with E-state index in [0.717, 1.165) is 23.7 Å². The van der Waals surface area contributed by atoms with E-state index in [1.165, 1.54) is 11.1 Å². The number of hydrogen-bond donors (Lipinski definition) is 1. The van der Waals surface area contributed by atoms with Crippen LogP contribution in [-0.4, -0.2) is 11.2 Å². The summed E-state index contributed by atoms with van der Waals surface area (Å²) in [6, 6.07) is 8.23. The number of benzene rings is 1. The van der Waals surface area contributed by atoms with Gasteiger partial charge in [0.15, 0.2) is 0 Å². The Morgan fingerprint density at radius 3 is 2.89 bits per heavy atom. The third kappa shape index (κ3) is 3.69. The van der Waals surface area contributed by atoms with Crippen LogP contribution in [0.3, 0.4) is 0 Å². The van der Waals surface area contributed by atoms with E-state index in [-0.39, 0.29) is 6.10 Å². The van der Waals surface area contributed by atoms with Crippen LogP contribution in [-0.2, 0) is 6.42 Å². The van der Waals surface area contributed by atoms with Gasteiger partial charge in [-0.3, -0.25) is 0 Å². The summed E-state index contributed by atoms with van der Waals surface area (Å²) < 4.78 is 1.08. The lowest BCUT2D eigenvalue weighted by molar-refractivity contribution is 0.0932. The molecule has 0 amide bonds. The van der Waals surface area contributed by atoms with Crippen molar-refractivity contribution in [2.24, 2.45) is 11.8 Å². The Hall–Kier alpha value is -0.600. The zero-order valence-electron chi connectivity index (χ0n) is 11.1. The van der Waals surface area contributed by atoms with Crippen LogP contribution in [0.1, 0.15) is 32.3 Å². The Labute approximate surface area is 118 Å². The Morgan fingerprint density at radius 2 is 2.22 bits per heavy atom. The van der Waals surface area contributed by atoms with Gasteiger partial charge in [-0.25, -0.2) is 0 Å². The standard InChI is InChI=1S/C16H21BrO/c1-11-6-12(2)8-14(7-11)16(18)10-13-4-3-5-15(17)9-13/h3-6,9,11,14,16,18H,7-8,10H2,1-2H3. The topological polar surface area (TPSA) is 20.2 Å². The average Bonchev–Trinajstić information content (AvgIpc) is 2.27. The van der Waals surface area contributed by atoms with Crippen molar-refractivity contribution < 1.29 is 5.11 Å². The molecule has 0 saturated carbocycles. The molecule has 0 fully saturated rings. The maximum atomic E-state index is 10.4. The zero-order valence-corrected chi connectivity index (χ0v) is 12.7. The predicted octanol–water partition coefficient (Wildman–Crippen LogP) is 4.34. The van der Waals surface area contributed by atoms with Crippen LogP contribution in [0.4, 0.5) is 0 Å². The fraction of sp³-hybridized carbons (Fsp3) is 0.500. The van der Waals surface area contributed by atoms with Crippen molar-refractivity contribution in [3.63, 3.8) is 0 Å². The van der Waals surface area contributed by atoms with E-state index in [9.17, 15) is 5.11 Å². The van der Waals surface area contributed by atoms with E-state index in [1.54, 1.807) is 0 Å². The second-order valence-electron chi connectivity index (χ2n) is 5.59. The Bertz CT molecular complexity index is 438. The minimum atomic E-state index is -0.231. The number of halogens is 1. The van der Waals surface area contributed by atoms with Crippen molar-refractivity contribution in [1.29, 1.82) is 0 Å². The van der Waals surface area contributed by atoms with Gasteiger partial charge in [-0.15, -0.1) is 0 Å². The van der Waals surface area contributed by atoms with Crippen molar-refractivity contribution in [2.45, 2.75) is 39.2 Å². The molecule has 1 aromatic rings. The molecule has 1 aliphatic rings. The molecule has 0 heterocycles. The number of aliphatic hydroxyl groups is 1. The molecule has 0 aliphatic heterocycles. The fourth-order valence-electron chi connectivity index (χ4n) is 2.96. The quantitative estimate of drug-likeness (QED) is 0.823. The monoisotopic (exact) mass is 308 g/mol. The van der Waals surface area contributed by atoms with Gasteiger partial charge in [0.2, 0.25) is 0 Å². The molecule has 0 saturated heterocycles. The molecule has 1 aliphatic carbocycles. The summed E-state index contributed by atoms with van der Waals surface area (Å²) in [6.45, 7) is 4.41. The lowest BCUT2D eigenvalue weighted by atomic mass is 9.79. The summed E-state index contributed by atoms with van der Waals surface area (Å²) >= 11 is 3.48. The highest BCUT2D eigenvalue weighted by Crippen LogP contribution is 2.31. The number of hydrogen-bond acceptors (Lipinski definition) is 1. The van der Waals surface area contributed by atoms with Crippen LogP contribution in [0.25, 0.3) is 0 Å².